The number of oxazole rings is 1. The van der Waals surface area contributed by atoms with E-state index < -0.39 is 0 Å². The molecule has 0 unspecified atom stereocenters. The molecule has 5 heteroatoms. The van der Waals surface area contributed by atoms with Gasteiger partial charge in [0.05, 0.1) is 12.5 Å². The van der Waals surface area contributed by atoms with Gasteiger partial charge in [0, 0.05) is 13.2 Å². The van der Waals surface area contributed by atoms with Crippen molar-refractivity contribution in [1.29, 1.82) is 0 Å². The highest BCUT2D eigenvalue weighted by atomic mass is 16.4. The van der Waals surface area contributed by atoms with Crippen LogP contribution in [0.3, 0.4) is 0 Å². The highest BCUT2D eigenvalue weighted by Crippen LogP contribution is 2.17. The number of nitrogen functional groups attached to an aromatic ring is 1. The smallest absolute Gasteiger partial charge is 0.292 e. The first-order valence-electron chi connectivity index (χ1n) is 3.45. The summed E-state index contributed by atoms with van der Waals surface area (Å²) in [7, 11) is 1.89. The fourth-order valence-corrected chi connectivity index (χ4v) is 0.946. The van der Waals surface area contributed by atoms with Gasteiger partial charge in [-0.3, -0.25) is 0 Å². The normalized spacial score (nSPS) is 10.4. The van der Waals surface area contributed by atoms with Gasteiger partial charge >= 0.3 is 0 Å². The summed E-state index contributed by atoms with van der Waals surface area (Å²) < 4.78 is 6.90. The number of nitrogens with zero attached hydrogens (tertiary/aromatic N) is 3. The molecule has 5 nitrogen and oxygen atoms in total. The lowest BCUT2D eigenvalue weighted by molar-refractivity contribution is 0.593. The van der Waals surface area contributed by atoms with Crippen LogP contribution in [0, 0.1) is 0 Å². The van der Waals surface area contributed by atoms with Crippen LogP contribution in [0.15, 0.2) is 23.1 Å². The minimum absolute atomic E-state index is 0.163. The zero-order valence-electron chi connectivity index (χ0n) is 6.56. The first kappa shape index (κ1) is 6.90. The van der Waals surface area contributed by atoms with E-state index in [1.807, 2.05) is 17.8 Å². The van der Waals surface area contributed by atoms with Crippen molar-refractivity contribution in [2.24, 2.45) is 7.05 Å². The molecule has 62 valence electrons. The third-order valence-electron chi connectivity index (χ3n) is 1.48. The molecule has 0 aliphatic carbocycles. The molecule has 0 aliphatic heterocycles. The van der Waals surface area contributed by atoms with Crippen molar-refractivity contribution in [2.75, 3.05) is 5.73 Å². The Labute approximate surface area is 68.8 Å². The summed E-state index contributed by atoms with van der Waals surface area (Å²) in [4.78, 5) is 7.84. The molecule has 2 rings (SSSR count). The Bertz CT molecular complexity index is 351. The van der Waals surface area contributed by atoms with Crippen LogP contribution in [0.5, 0.6) is 0 Å². The van der Waals surface area contributed by atoms with Crippen LogP contribution in [0.1, 0.15) is 0 Å². The molecular weight excluding hydrogens is 156 g/mol. The highest BCUT2D eigenvalue weighted by molar-refractivity contribution is 5.50. The third kappa shape index (κ3) is 1.05. The van der Waals surface area contributed by atoms with E-state index in [-0.39, 0.29) is 6.01 Å². The average Bonchev–Trinajstić information content (AvgIpc) is 2.58. The molecule has 2 heterocycles. The second-order valence-corrected chi connectivity index (χ2v) is 2.49. The van der Waals surface area contributed by atoms with Crippen LogP contribution in [0.2, 0.25) is 0 Å². The Balaban J connectivity index is 2.43. The molecule has 0 aromatic carbocycles. The van der Waals surface area contributed by atoms with Crippen molar-refractivity contribution in [3.8, 4) is 11.5 Å². The minimum atomic E-state index is 0.163. The van der Waals surface area contributed by atoms with Crippen LogP contribution < -0.4 is 5.73 Å². The fraction of sp³-hybridized carbons (Fsp3) is 0.143. The van der Waals surface area contributed by atoms with Crippen molar-refractivity contribution < 1.29 is 4.42 Å². The van der Waals surface area contributed by atoms with Crippen LogP contribution in [0.4, 0.5) is 6.01 Å². The van der Waals surface area contributed by atoms with Gasteiger partial charge in [0.15, 0.2) is 5.76 Å². The number of rotatable bonds is 1. The summed E-state index contributed by atoms with van der Waals surface area (Å²) in [6, 6.07) is 0.163. The van der Waals surface area contributed by atoms with E-state index in [4.69, 9.17) is 10.2 Å². The topological polar surface area (TPSA) is 69.9 Å². The molecule has 2 aromatic heterocycles. The SMILES string of the molecule is Cn1cnc(-c2cnc(N)o2)c1. The number of imidazole rings is 1. The Morgan fingerprint density at radius 3 is 2.83 bits per heavy atom. The summed E-state index contributed by atoms with van der Waals surface area (Å²) in [6.07, 6.45) is 5.08. The first-order valence-corrected chi connectivity index (χ1v) is 3.45. The monoisotopic (exact) mass is 164 g/mol. The van der Waals surface area contributed by atoms with Gasteiger partial charge in [-0.05, 0) is 0 Å². The molecular formula is C7H8N4O. The largest absolute Gasteiger partial charge is 0.422 e. The maximum absolute atomic E-state index is 5.31. The molecule has 0 saturated heterocycles. The molecule has 0 aliphatic rings. The van der Waals surface area contributed by atoms with E-state index >= 15 is 0 Å². The summed E-state index contributed by atoms with van der Waals surface area (Å²) >= 11 is 0. The van der Waals surface area contributed by atoms with E-state index in [0.29, 0.717) is 5.76 Å². The number of hydrogen-bond acceptors (Lipinski definition) is 4. The average molecular weight is 164 g/mol. The van der Waals surface area contributed by atoms with Crippen molar-refractivity contribution in [3.05, 3.63) is 18.7 Å². The van der Waals surface area contributed by atoms with Crippen LogP contribution >= 0.6 is 0 Å². The predicted octanol–water partition coefficient (Wildman–Crippen LogP) is 0.657. The van der Waals surface area contributed by atoms with Gasteiger partial charge in [0.1, 0.15) is 5.69 Å². The lowest BCUT2D eigenvalue weighted by Gasteiger charge is -1.85. The molecule has 0 atom stereocenters. The first-order chi connectivity index (χ1) is 5.75. The van der Waals surface area contributed by atoms with E-state index in [0.717, 1.165) is 5.69 Å². The van der Waals surface area contributed by atoms with Gasteiger partial charge < -0.3 is 14.7 Å². The van der Waals surface area contributed by atoms with Gasteiger partial charge in [-0.15, -0.1) is 0 Å². The molecule has 0 fully saturated rings. The molecule has 12 heavy (non-hydrogen) atoms. The van der Waals surface area contributed by atoms with Crippen LogP contribution in [-0.4, -0.2) is 14.5 Å². The number of aryl methyl sites for hydroxylation is 1. The van der Waals surface area contributed by atoms with Crippen molar-refractivity contribution in [3.63, 3.8) is 0 Å². The molecule has 0 amide bonds. The maximum Gasteiger partial charge on any atom is 0.292 e. The third-order valence-corrected chi connectivity index (χ3v) is 1.48. The number of nitrogens with two attached hydrogens (primary N) is 1. The van der Waals surface area contributed by atoms with E-state index in [1.54, 1.807) is 12.5 Å². The second-order valence-electron chi connectivity index (χ2n) is 2.49. The Kier molecular flexibility index (Phi) is 1.36. The van der Waals surface area contributed by atoms with Crippen molar-refractivity contribution >= 4 is 6.01 Å². The van der Waals surface area contributed by atoms with Crippen LogP contribution in [0.25, 0.3) is 11.5 Å². The number of aromatic nitrogens is 3. The van der Waals surface area contributed by atoms with Crippen LogP contribution in [-0.2, 0) is 7.05 Å². The van der Waals surface area contributed by atoms with E-state index in [9.17, 15) is 0 Å². The second kappa shape index (κ2) is 2.37. The Hall–Kier alpha value is -1.78. The number of hydrogen-bond donors (Lipinski definition) is 1. The Morgan fingerprint density at radius 1 is 1.50 bits per heavy atom. The van der Waals surface area contributed by atoms with Crippen molar-refractivity contribution in [2.45, 2.75) is 0 Å². The lowest BCUT2D eigenvalue weighted by atomic mass is 10.4. The fourth-order valence-electron chi connectivity index (χ4n) is 0.946. The van der Waals surface area contributed by atoms with Gasteiger partial charge in [-0.1, -0.05) is 0 Å². The van der Waals surface area contributed by atoms with Gasteiger partial charge in [0.25, 0.3) is 6.01 Å². The minimum Gasteiger partial charge on any atom is -0.422 e. The van der Waals surface area contributed by atoms with Crippen molar-refractivity contribution in [1.82, 2.24) is 14.5 Å². The molecule has 0 spiro atoms. The lowest BCUT2D eigenvalue weighted by Crippen LogP contribution is -1.80. The Morgan fingerprint density at radius 2 is 2.33 bits per heavy atom. The summed E-state index contributed by atoms with van der Waals surface area (Å²) in [6.45, 7) is 0. The van der Waals surface area contributed by atoms with Gasteiger partial charge in [0.2, 0.25) is 0 Å². The summed E-state index contributed by atoms with van der Waals surface area (Å²) in [5.41, 5.74) is 6.05. The molecule has 0 bridgehead atoms. The zero-order chi connectivity index (χ0) is 8.55. The quantitative estimate of drug-likeness (QED) is 0.672. The predicted molar refractivity (Wildman–Crippen MR) is 43.1 cm³/mol. The molecule has 2 aromatic rings. The summed E-state index contributed by atoms with van der Waals surface area (Å²) in [5, 5.41) is 0. The highest BCUT2D eigenvalue weighted by Gasteiger charge is 2.05. The number of anilines is 1. The molecule has 0 radical (unpaired) electrons. The molecule has 2 N–H and O–H groups in total. The van der Waals surface area contributed by atoms with Gasteiger partial charge in [-0.25, -0.2) is 9.97 Å². The molecule has 0 saturated carbocycles. The zero-order valence-corrected chi connectivity index (χ0v) is 6.56. The van der Waals surface area contributed by atoms with Gasteiger partial charge in [-0.2, -0.15) is 0 Å². The van der Waals surface area contributed by atoms with E-state index in [2.05, 4.69) is 9.97 Å². The summed E-state index contributed by atoms with van der Waals surface area (Å²) in [5.74, 6) is 0.591. The van der Waals surface area contributed by atoms with E-state index in [1.165, 1.54) is 0 Å². The standard InChI is InChI=1S/C7H8N4O/c1-11-3-5(10-4-11)6-2-9-7(8)12-6/h2-4H,1H3,(H2,8,9). The maximum atomic E-state index is 5.31.